The van der Waals surface area contributed by atoms with Crippen LogP contribution in [0.15, 0.2) is 0 Å². The minimum atomic E-state index is -0.793. The van der Waals surface area contributed by atoms with Crippen molar-refractivity contribution in [2.24, 2.45) is 11.7 Å². The molecule has 124 valence electrons. The number of carbonyl (C=O) groups is 3. The van der Waals surface area contributed by atoms with Crippen LogP contribution in [0.2, 0.25) is 0 Å². The van der Waals surface area contributed by atoms with Crippen LogP contribution >= 0.6 is 0 Å². The van der Waals surface area contributed by atoms with Crippen molar-refractivity contribution in [2.45, 2.75) is 38.1 Å². The second kappa shape index (κ2) is 6.64. The van der Waals surface area contributed by atoms with Gasteiger partial charge in [0, 0.05) is 40.2 Å². The Morgan fingerprint density at radius 1 is 1.09 bits per heavy atom. The molecule has 0 aromatic carbocycles. The molecule has 2 fully saturated rings. The SMILES string of the molecule is CNC(=O)[C@@H]1CN(C(C)=O)CCN(C(=O)C2(N)CCCC2)C1. The zero-order valence-corrected chi connectivity index (χ0v) is 13.4. The molecule has 1 atom stereocenters. The number of nitrogens with zero attached hydrogens (tertiary/aromatic N) is 2. The smallest absolute Gasteiger partial charge is 0.242 e. The number of nitrogens with one attached hydrogen (secondary N) is 1. The monoisotopic (exact) mass is 310 g/mol. The third-order valence-electron chi connectivity index (χ3n) is 4.79. The summed E-state index contributed by atoms with van der Waals surface area (Å²) in [6.45, 7) is 3.03. The molecule has 0 radical (unpaired) electrons. The first-order valence-corrected chi connectivity index (χ1v) is 7.93. The van der Waals surface area contributed by atoms with Crippen molar-refractivity contribution in [1.29, 1.82) is 0 Å². The van der Waals surface area contributed by atoms with Gasteiger partial charge in [-0.2, -0.15) is 0 Å². The summed E-state index contributed by atoms with van der Waals surface area (Å²) in [6.07, 6.45) is 3.33. The predicted octanol–water partition coefficient (Wildman–Crippen LogP) is -0.689. The highest BCUT2D eigenvalue weighted by Gasteiger charge is 2.42. The zero-order chi connectivity index (χ0) is 16.3. The average molecular weight is 310 g/mol. The van der Waals surface area contributed by atoms with Gasteiger partial charge in [0.15, 0.2) is 0 Å². The second-order valence-corrected chi connectivity index (χ2v) is 6.39. The van der Waals surface area contributed by atoms with E-state index in [1.165, 1.54) is 6.92 Å². The standard InChI is InChI=1S/C15H26N4O3/c1-11(20)18-7-8-19(10-12(9-18)13(21)17-2)14(22)15(16)5-3-4-6-15/h12H,3-10,16H2,1-2H3,(H,17,21)/t12-/m1/s1. The maximum Gasteiger partial charge on any atom is 0.242 e. The van der Waals surface area contributed by atoms with Crippen LogP contribution in [0, 0.1) is 5.92 Å². The summed E-state index contributed by atoms with van der Waals surface area (Å²) in [5, 5.41) is 2.61. The molecular formula is C15H26N4O3. The predicted molar refractivity (Wildman–Crippen MR) is 81.8 cm³/mol. The molecular weight excluding hydrogens is 284 g/mol. The van der Waals surface area contributed by atoms with Gasteiger partial charge in [-0.15, -0.1) is 0 Å². The molecule has 0 unspecified atom stereocenters. The lowest BCUT2D eigenvalue weighted by atomic mass is 9.96. The summed E-state index contributed by atoms with van der Waals surface area (Å²) in [7, 11) is 1.57. The van der Waals surface area contributed by atoms with E-state index in [1.807, 2.05) is 0 Å². The molecule has 7 nitrogen and oxygen atoms in total. The molecule has 3 amide bonds. The molecule has 0 aromatic rings. The lowest BCUT2D eigenvalue weighted by molar-refractivity contribution is -0.138. The minimum Gasteiger partial charge on any atom is -0.359 e. The average Bonchev–Trinajstić information content (AvgIpc) is 2.82. The highest BCUT2D eigenvalue weighted by atomic mass is 16.2. The van der Waals surface area contributed by atoms with Crippen LogP contribution in [0.25, 0.3) is 0 Å². The molecule has 22 heavy (non-hydrogen) atoms. The Morgan fingerprint density at radius 3 is 2.18 bits per heavy atom. The lowest BCUT2D eigenvalue weighted by Gasteiger charge is -2.31. The van der Waals surface area contributed by atoms with Crippen molar-refractivity contribution < 1.29 is 14.4 Å². The van der Waals surface area contributed by atoms with Crippen molar-refractivity contribution in [3.05, 3.63) is 0 Å². The van der Waals surface area contributed by atoms with Gasteiger partial charge in [0.25, 0.3) is 0 Å². The number of carbonyl (C=O) groups excluding carboxylic acids is 3. The number of amides is 3. The first-order valence-electron chi connectivity index (χ1n) is 7.93. The van der Waals surface area contributed by atoms with E-state index in [0.717, 1.165) is 12.8 Å². The van der Waals surface area contributed by atoms with Crippen molar-refractivity contribution in [1.82, 2.24) is 15.1 Å². The van der Waals surface area contributed by atoms with Gasteiger partial charge in [-0.25, -0.2) is 0 Å². The normalized spacial score (nSPS) is 24.8. The summed E-state index contributed by atoms with van der Waals surface area (Å²) in [5.41, 5.74) is 5.47. The molecule has 1 saturated carbocycles. The van der Waals surface area contributed by atoms with E-state index in [2.05, 4.69) is 5.32 Å². The van der Waals surface area contributed by atoms with Crippen LogP contribution in [0.4, 0.5) is 0 Å². The maximum atomic E-state index is 12.8. The van der Waals surface area contributed by atoms with Gasteiger partial charge in [0.2, 0.25) is 17.7 Å². The Kier molecular flexibility index (Phi) is 5.05. The summed E-state index contributed by atoms with van der Waals surface area (Å²) >= 11 is 0. The van der Waals surface area contributed by atoms with E-state index in [0.29, 0.717) is 39.0 Å². The number of rotatable bonds is 2. The van der Waals surface area contributed by atoms with Gasteiger partial charge in [0.05, 0.1) is 11.5 Å². The fourth-order valence-corrected chi connectivity index (χ4v) is 3.39. The quantitative estimate of drug-likeness (QED) is 0.706. The van der Waals surface area contributed by atoms with Crippen molar-refractivity contribution in [2.75, 3.05) is 33.2 Å². The molecule has 1 saturated heterocycles. The van der Waals surface area contributed by atoms with Gasteiger partial charge >= 0.3 is 0 Å². The Hall–Kier alpha value is -1.63. The fraction of sp³-hybridized carbons (Fsp3) is 0.800. The van der Waals surface area contributed by atoms with Gasteiger partial charge in [-0.1, -0.05) is 12.8 Å². The van der Waals surface area contributed by atoms with E-state index in [9.17, 15) is 14.4 Å². The Labute approximate surface area is 131 Å². The second-order valence-electron chi connectivity index (χ2n) is 6.39. The summed E-state index contributed by atoms with van der Waals surface area (Å²) in [6, 6.07) is 0. The first kappa shape index (κ1) is 16.7. The van der Waals surface area contributed by atoms with Crippen molar-refractivity contribution in [3.8, 4) is 0 Å². The maximum absolute atomic E-state index is 12.8. The summed E-state index contributed by atoms with van der Waals surface area (Å²) < 4.78 is 0. The van der Waals surface area contributed by atoms with E-state index < -0.39 is 11.5 Å². The molecule has 1 aliphatic heterocycles. The number of nitrogens with two attached hydrogens (primary N) is 1. The highest BCUT2D eigenvalue weighted by Crippen LogP contribution is 2.29. The Bertz CT molecular complexity index is 460. The van der Waals surface area contributed by atoms with Crippen LogP contribution in [0.1, 0.15) is 32.6 Å². The molecule has 1 heterocycles. The van der Waals surface area contributed by atoms with Crippen LogP contribution in [-0.4, -0.2) is 66.3 Å². The molecule has 0 bridgehead atoms. The van der Waals surface area contributed by atoms with Crippen LogP contribution in [0.5, 0.6) is 0 Å². The van der Waals surface area contributed by atoms with E-state index in [-0.39, 0.29) is 17.7 Å². The third-order valence-corrected chi connectivity index (χ3v) is 4.79. The molecule has 2 rings (SSSR count). The van der Waals surface area contributed by atoms with Crippen molar-refractivity contribution >= 4 is 17.7 Å². The summed E-state index contributed by atoms with van der Waals surface area (Å²) in [5.74, 6) is -0.718. The number of hydrogen-bond donors (Lipinski definition) is 2. The van der Waals surface area contributed by atoms with E-state index in [1.54, 1.807) is 16.8 Å². The largest absolute Gasteiger partial charge is 0.359 e. The lowest BCUT2D eigenvalue weighted by Crippen LogP contribution is -2.55. The minimum absolute atomic E-state index is 0.0773. The third kappa shape index (κ3) is 3.40. The molecule has 0 aromatic heterocycles. The zero-order valence-electron chi connectivity index (χ0n) is 13.4. The van der Waals surface area contributed by atoms with Gasteiger partial charge in [-0.3, -0.25) is 14.4 Å². The molecule has 0 spiro atoms. The molecule has 7 heteroatoms. The van der Waals surface area contributed by atoms with E-state index in [4.69, 9.17) is 5.73 Å². The van der Waals surface area contributed by atoms with Gasteiger partial charge in [0.1, 0.15) is 0 Å². The van der Waals surface area contributed by atoms with Crippen LogP contribution < -0.4 is 11.1 Å². The van der Waals surface area contributed by atoms with Crippen LogP contribution in [0.3, 0.4) is 0 Å². The van der Waals surface area contributed by atoms with Crippen molar-refractivity contribution in [3.63, 3.8) is 0 Å². The van der Waals surface area contributed by atoms with E-state index >= 15 is 0 Å². The Morgan fingerprint density at radius 2 is 1.64 bits per heavy atom. The summed E-state index contributed by atoms with van der Waals surface area (Å²) in [4.78, 5) is 39.8. The molecule has 3 N–H and O–H groups in total. The van der Waals surface area contributed by atoms with Gasteiger partial charge < -0.3 is 20.9 Å². The topological polar surface area (TPSA) is 95.7 Å². The van der Waals surface area contributed by atoms with Crippen LogP contribution in [-0.2, 0) is 14.4 Å². The molecule has 2 aliphatic rings. The molecule has 1 aliphatic carbocycles. The fourth-order valence-electron chi connectivity index (χ4n) is 3.39. The number of hydrogen-bond acceptors (Lipinski definition) is 4. The Balaban J connectivity index is 2.15. The first-order chi connectivity index (χ1) is 10.4. The van der Waals surface area contributed by atoms with Gasteiger partial charge in [-0.05, 0) is 12.8 Å². The highest BCUT2D eigenvalue weighted by molar-refractivity contribution is 5.88.